The van der Waals surface area contributed by atoms with Crippen molar-refractivity contribution in [3.63, 3.8) is 0 Å². The van der Waals surface area contributed by atoms with E-state index in [4.69, 9.17) is 4.42 Å². The van der Waals surface area contributed by atoms with Crippen molar-refractivity contribution in [2.24, 2.45) is 0 Å². The monoisotopic (exact) mass is 478 g/mol. The summed E-state index contributed by atoms with van der Waals surface area (Å²) >= 11 is 0. The van der Waals surface area contributed by atoms with Crippen molar-refractivity contribution in [3.8, 4) is 17.4 Å². The zero-order chi connectivity index (χ0) is 24.9. The second kappa shape index (κ2) is 8.13. The Morgan fingerprint density at radius 1 is 1.14 bits per heavy atom. The van der Waals surface area contributed by atoms with Crippen molar-refractivity contribution in [3.05, 3.63) is 83.0 Å². The van der Waals surface area contributed by atoms with Crippen molar-refractivity contribution in [2.45, 2.75) is 25.1 Å². The van der Waals surface area contributed by atoms with Gasteiger partial charge >= 0.3 is 12.2 Å². The normalized spacial score (nSPS) is 18.2. The van der Waals surface area contributed by atoms with Crippen LogP contribution in [0.1, 0.15) is 35.6 Å². The molecule has 0 saturated heterocycles. The van der Waals surface area contributed by atoms with Gasteiger partial charge < -0.3 is 9.32 Å². The van der Waals surface area contributed by atoms with Crippen molar-refractivity contribution >= 4 is 17.5 Å². The van der Waals surface area contributed by atoms with Crippen LogP contribution in [0.2, 0.25) is 0 Å². The lowest BCUT2D eigenvalue weighted by molar-refractivity contribution is -0.137. The number of oxazole rings is 1. The number of benzene rings is 2. The molecule has 35 heavy (non-hydrogen) atoms. The average molecular weight is 478 g/mol. The molecule has 0 fully saturated rings. The predicted octanol–water partition coefficient (Wildman–Crippen LogP) is 5.46. The van der Waals surface area contributed by atoms with Gasteiger partial charge in [0.2, 0.25) is 0 Å². The summed E-state index contributed by atoms with van der Waals surface area (Å²) in [6.07, 6.45) is -1.54. The zero-order valence-electron chi connectivity index (χ0n) is 18.3. The van der Waals surface area contributed by atoms with Crippen LogP contribution in [0.25, 0.3) is 11.3 Å². The zero-order valence-corrected chi connectivity index (χ0v) is 18.3. The van der Waals surface area contributed by atoms with Crippen molar-refractivity contribution < 1.29 is 27.2 Å². The number of ketones is 1. The smallest absolute Gasteiger partial charge is 0.416 e. The Hall–Kier alpha value is -4.39. The third-order valence-corrected chi connectivity index (χ3v) is 6.23. The van der Waals surface area contributed by atoms with Gasteiger partial charge in [-0.2, -0.15) is 18.4 Å². The number of rotatable bonds is 3. The number of nitrogens with zero attached hydrogens (tertiary/aromatic N) is 4. The molecule has 0 saturated carbocycles. The fourth-order valence-corrected chi connectivity index (χ4v) is 4.66. The number of likely N-dealkylation sites (N-methyl/N-ethyl adjacent to an activating group) is 1. The largest absolute Gasteiger partial charge is 0.444 e. The lowest BCUT2D eigenvalue weighted by Gasteiger charge is -2.41. The number of nitriles is 1. The van der Waals surface area contributed by atoms with Crippen LogP contribution in [-0.4, -0.2) is 28.7 Å². The Morgan fingerprint density at radius 3 is 2.63 bits per heavy atom. The maximum atomic E-state index is 13.6. The number of Topliss-reactive ketones (excluding diaryl/α,β-unsaturated/α-hetero) is 1. The standard InChI is InChI=1S/C25H17F3N4O3/c1-31-23(17-6-5-14(11-29)9-18(17)21-12-30-13-35-21)22-19(7-8-20(22)33)32(24(31)34)16-4-2-3-15(10-16)25(26,27)28/h2-6,9-10,12-13,23H,7-8H2,1H3. The summed E-state index contributed by atoms with van der Waals surface area (Å²) in [4.78, 5) is 33.1. The molecule has 0 bridgehead atoms. The molecule has 2 aromatic carbocycles. The van der Waals surface area contributed by atoms with Crippen LogP contribution in [0.5, 0.6) is 0 Å². The first kappa shape index (κ1) is 22.4. The molecule has 0 N–H and O–H groups in total. The summed E-state index contributed by atoms with van der Waals surface area (Å²) in [6, 6.07) is 9.97. The molecule has 1 atom stereocenters. The predicted molar refractivity (Wildman–Crippen MR) is 118 cm³/mol. The molecule has 176 valence electrons. The van der Waals surface area contributed by atoms with E-state index in [-0.39, 0.29) is 24.3 Å². The van der Waals surface area contributed by atoms with Gasteiger partial charge in [-0.25, -0.2) is 9.78 Å². The van der Waals surface area contributed by atoms with Gasteiger partial charge in [-0.1, -0.05) is 12.1 Å². The first-order valence-corrected chi connectivity index (χ1v) is 10.6. The molecule has 0 radical (unpaired) electrons. The minimum atomic E-state index is -4.58. The third-order valence-electron chi connectivity index (χ3n) is 6.23. The summed E-state index contributed by atoms with van der Waals surface area (Å²) < 4.78 is 45.5. The molecule has 7 nitrogen and oxygen atoms in total. The SMILES string of the molecule is CN1C(=O)N(c2cccc(C(F)(F)F)c2)C2=C(C(=O)CC2)C1c1ccc(C#N)cc1-c1cnco1. The second-order valence-corrected chi connectivity index (χ2v) is 8.24. The van der Waals surface area contributed by atoms with Crippen LogP contribution in [0.15, 0.2) is 70.7 Å². The number of aromatic nitrogens is 1. The van der Waals surface area contributed by atoms with Crippen molar-refractivity contribution in [2.75, 3.05) is 11.9 Å². The number of amides is 2. The number of hydrogen-bond donors (Lipinski definition) is 0. The highest BCUT2D eigenvalue weighted by Crippen LogP contribution is 2.47. The molecule has 0 spiro atoms. The topological polar surface area (TPSA) is 90.4 Å². The highest BCUT2D eigenvalue weighted by atomic mass is 19.4. The van der Waals surface area contributed by atoms with Gasteiger partial charge in [0, 0.05) is 30.3 Å². The van der Waals surface area contributed by atoms with E-state index >= 15 is 0 Å². The van der Waals surface area contributed by atoms with Crippen LogP contribution in [0, 0.1) is 11.3 Å². The Kier molecular flexibility index (Phi) is 5.20. The summed E-state index contributed by atoms with van der Waals surface area (Å²) in [5.74, 6) is 0.153. The van der Waals surface area contributed by atoms with Gasteiger partial charge in [-0.05, 0) is 42.3 Å². The quantitative estimate of drug-likeness (QED) is 0.499. The Labute approximate surface area is 197 Å². The number of urea groups is 1. The molecule has 1 aromatic heterocycles. The van der Waals surface area contributed by atoms with Gasteiger partial charge in [-0.3, -0.25) is 9.69 Å². The fourth-order valence-electron chi connectivity index (χ4n) is 4.66. The first-order valence-electron chi connectivity index (χ1n) is 10.6. The van der Waals surface area contributed by atoms with E-state index in [9.17, 15) is 28.0 Å². The molecule has 1 unspecified atom stereocenters. The molecule has 2 heterocycles. The third kappa shape index (κ3) is 3.65. The number of allylic oxidation sites excluding steroid dienone is 1. The molecular weight excluding hydrogens is 461 g/mol. The van der Waals surface area contributed by atoms with E-state index in [1.165, 1.54) is 41.6 Å². The molecular formula is C25H17F3N4O3. The molecule has 2 aliphatic rings. The summed E-state index contributed by atoms with van der Waals surface area (Å²) in [5.41, 5.74) is 1.23. The number of carbonyl (C=O) groups is 2. The van der Waals surface area contributed by atoms with E-state index < -0.39 is 23.8 Å². The Balaban J connectivity index is 1.70. The fraction of sp³-hybridized carbons (Fsp3) is 0.200. The Bertz CT molecular complexity index is 1420. The van der Waals surface area contributed by atoms with E-state index in [0.29, 0.717) is 33.7 Å². The van der Waals surface area contributed by atoms with Crippen LogP contribution >= 0.6 is 0 Å². The average Bonchev–Trinajstić information content (AvgIpc) is 3.50. The highest BCUT2D eigenvalue weighted by Gasteiger charge is 2.45. The number of halogens is 3. The lowest BCUT2D eigenvalue weighted by Crippen LogP contribution is -2.48. The van der Waals surface area contributed by atoms with Gasteiger partial charge in [-0.15, -0.1) is 0 Å². The lowest BCUT2D eigenvalue weighted by atomic mass is 9.88. The van der Waals surface area contributed by atoms with Crippen LogP contribution in [0.3, 0.4) is 0 Å². The maximum Gasteiger partial charge on any atom is 0.416 e. The van der Waals surface area contributed by atoms with Gasteiger partial charge in [0.25, 0.3) is 0 Å². The number of alkyl halides is 3. The molecule has 5 rings (SSSR count). The van der Waals surface area contributed by atoms with Crippen LogP contribution < -0.4 is 4.90 Å². The number of hydrogen-bond acceptors (Lipinski definition) is 5. The van der Waals surface area contributed by atoms with E-state index in [0.717, 1.165) is 12.1 Å². The van der Waals surface area contributed by atoms with E-state index in [1.54, 1.807) is 18.2 Å². The summed E-state index contributed by atoms with van der Waals surface area (Å²) in [6.45, 7) is 0. The Morgan fingerprint density at radius 2 is 1.94 bits per heavy atom. The van der Waals surface area contributed by atoms with Crippen LogP contribution in [0.4, 0.5) is 23.7 Å². The molecule has 10 heteroatoms. The first-order chi connectivity index (χ1) is 16.7. The minimum absolute atomic E-state index is 0.0348. The highest BCUT2D eigenvalue weighted by molar-refractivity contribution is 6.08. The molecule has 1 aliphatic heterocycles. The van der Waals surface area contributed by atoms with Gasteiger partial charge in [0.15, 0.2) is 17.9 Å². The molecule has 2 amide bonds. The molecule has 1 aliphatic carbocycles. The number of carbonyl (C=O) groups excluding carboxylic acids is 2. The van der Waals surface area contributed by atoms with E-state index in [2.05, 4.69) is 11.1 Å². The number of anilines is 1. The van der Waals surface area contributed by atoms with E-state index in [1.807, 2.05) is 0 Å². The molecule has 3 aromatic rings. The van der Waals surface area contributed by atoms with Crippen molar-refractivity contribution in [1.82, 2.24) is 9.88 Å². The second-order valence-electron chi connectivity index (χ2n) is 8.24. The van der Waals surface area contributed by atoms with Crippen LogP contribution in [-0.2, 0) is 11.0 Å². The minimum Gasteiger partial charge on any atom is -0.444 e. The summed E-state index contributed by atoms with van der Waals surface area (Å²) in [5, 5.41) is 9.38. The summed E-state index contributed by atoms with van der Waals surface area (Å²) in [7, 11) is 1.49. The van der Waals surface area contributed by atoms with Gasteiger partial charge in [0.1, 0.15) is 0 Å². The maximum absolute atomic E-state index is 13.6. The van der Waals surface area contributed by atoms with Gasteiger partial charge in [0.05, 0.1) is 35.1 Å². The van der Waals surface area contributed by atoms with Crippen molar-refractivity contribution in [1.29, 1.82) is 5.26 Å².